The van der Waals surface area contributed by atoms with E-state index < -0.39 is 0 Å². The number of ketones is 1. The van der Waals surface area contributed by atoms with Crippen molar-refractivity contribution in [3.05, 3.63) is 71.9 Å². The lowest BCUT2D eigenvalue weighted by molar-refractivity contribution is -0.142. The van der Waals surface area contributed by atoms with Crippen molar-refractivity contribution in [1.82, 2.24) is 0 Å². The Hall–Kier alpha value is -2.42. The number of allylic oxidation sites excluding steroid dienone is 11. The van der Waals surface area contributed by atoms with E-state index in [0.29, 0.717) is 13.0 Å². The lowest BCUT2D eigenvalue weighted by Gasteiger charge is -2.18. The number of unbranched alkanes of at least 4 members (excludes halogenated alkanes) is 5. The predicted molar refractivity (Wildman–Crippen MR) is 154 cm³/mol. The van der Waals surface area contributed by atoms with Crippen LogP contribution in [0.3, 0.4) is 0 Å². The fourth-order valence-corrected chi connectivity index (χ4v) is 3.85. The van der Waals surface area contributed by atoms with Crippen LogP contribution >= 0.6 is 0 Å². The lowest BCUT2D eigenvalue weighted by atomic mass is 9.87. The molecule has 1 rings (SSSR count). The highest BCUT2D eigenvalue weighted by atomic mass is 16.5. The first kappa shape index (κ1) is 31.6. The first-order valence-corrected chi connectivity index (χ1v) is 14.0. The molecule has 0 aromatic carbocycles. The summed E-state index contributed by atoms with van der Waals surface area (Å²) in [5, 5.41) is 0. The fourth-order valence-electron chi connectivity index (χ4n) is 3.85. The van der Waals surface area contributed by atoms with E-state index in [2.05, 4.69) is 63.3 Å². The van der Waals surface area contributed by atoms with Crippen molar-refractivity contribution in [3.63, 3.8) is 0 Å². The van der Waals surface area contributed by atoms with Crippen LogP contribution in [0.1, 0.15) is 111 Å². The number of carbonyl (C=O) groups is 2. The number of hydrogen-bond acceptors (Lipinski definition) is 3. The van der Waals surface area contributed by atoms with Crippen LogP contribution in [0, 0.1) is 5.41 Å². The minimum absolute atomic E-state index is 0.0772. The third-order valence-corrected chi connectivity index (χ3v) is 6.36. The Morgan fingerprint density at radius 3 is 2.36 bits per heavy atom. The lowest BCUT2D eigenvalue weighted by Crippen LogP contribution is -2.10. The zero-order valence-corrected chi connectivity index (χ0v) is 23.4. The average Bonchev–Trinajstić information content (AvgIpc) is 2.87. The van der Waals surface area contributed by atoms with Gasteiger partial charge in [0.2, 0.25) is 0 Å². The highest BCUT2D eigenvalue weighted by Crippen LogP contribution is 2.25. The van der Waals surface area contributed by atoms with Gasteiger partial charge in [0.1, 0.15) is 6.61 Å². The topological polar surface area (TPSA) is 43.4 Å². The van der Waals surface area contributed by atoms with E-state index >= 15 is 0 Å². The molecule has 0 saturated heterocycles. The maximum absolute atomic E-state index is 12.2. The number of carbonyl (C=O) groups excluding carboxylic acids is 2. The molecule has 0 saturated carbocycles. The minimum atomic E-state index is -0.104. The molecule has 3 nitrogen and oxygen atoms in total. The van der Waals surface area contributed by atoms with Crippen LogP contribution in [0.25, 0.3) is 0 Å². The van der Waals surface area contributed by atoms with Gasteiger partial charge in [0.15, 0.2) is 5.78 Å². The summed E-state index contributed by atoms with van der Waals surface area (Å²) in [6.45, 7) is 8.62. The zero-order valence-electron chi connectivity index (χ0n) is 23.4. The Bertz CT molecular complexity index is 818. The summed E-state index contributed by atoms with van der Waals surface area (Å²) in [6.07, 6.45) is 34.0. The highest BCUT2D eigenvalue weighted by molar-refractivity contribution is 6.03. The van der Waals surface area contributed by atoms with Gasteiger partial charge in [0.25, 0.3) is 0 Å². The molecule has 36 heavy (non-hydrogen) atoms. The summed E-state index contributed by atoms with van der Waals surface area (Å²) in [6, 6.07) is 0. The number of esters is 1. The van der Waals surface area contributed by atoms with Gasteiger partial charge in [-0.05, 0) is 87.3 Å². The van der Waals surface area contributed by atoms with Gasteiger partial charge in [-0.15, -0.1) is 0 Å². The maximum Gasteiger partial charge on any atom is 0.306 e. The van der Waals surface area contributed by atoms with Crippen molar-refractivity contribution in [2.45, 2.75) is 111 Å². The molecule has 0 bridgehead atoms. The van der Waals surface area contributed by atoms with Crippen molar-refractivity contribution < 1.29 is 14.3 Å². The first-order chi connectivity index (χ1) is 17.3. The van der Waals surface area contributed by atoms with E-state index in [4.69, 9.17) is 4.74 Å². The Morgan fingerprint density at radius 2 is 1.61 bits per heavy atom. The van der Waals surface area contributed by atoms with Crippen molar-refractivity contribution >= 4 is 11.8 Å². The van der Waals surface area contributed by atoms with Crippen molar-refractivity contribution in [2.24, 2.45) is 5.41 Å². The van der Waals surface area contributed by atoms with Crippen LogP contribution in [-0.2, 0) is 14.3 Å². The van der Waals surface area contributed by atoms with E-state index in [1.165, 1.54) is 19.3 Å². The van der Waals surface area contributed by atoms with Gasteiger partial charge in [-0.25, -0.2) is 0 Å². The molecular weight excluding hydrogens is 444 g/mol. The second-order valence-electron chi connectivity index (χ2n) is 10.4. The Kier molecular flexibility index (Phi) is 17.3. The molecule has 0 heterocycles. The third kappa shape index (κ3) is 17.1. The Balaban J connectivity index is 2.18. The SMILES string of the molecule is CC/C=C\C/C=C\C/C=C\CCCCCCCC(=O)OC/C1=C/CC(C)(C)/C=C\C(=O)/C(C)=C\CC1. The largest absolute Gasteiger partial charge is 0.461 e. The summed E-state index contributed by atoms with van der Waals surface area (Å²) in [7, 11) is 0. The van der Waals surface area contributed by atoms with E-state index in [9.17, 15) is 9.59 Å². The Morgan fingerprint density at radius 1 is 0.944 bits per heavy atom. The summed E-state index contributed by atoms with van der Waals surface area (Å²) in [4.78, 5) is 24.4. The van der Waals surface area contributed by atoms with Crippen LogP contribution in [-0.4, -0.2) is 18.4 Å². The van der Waals surface area contributed by atoms with Crippen molar-refractivity contribution in [1.29, 1.82) is 0 Å². The highest BCUT2D eigenvalue weighted by Gasteiger charge is 2.15. The Labute approximate surface area is 221 Å². The van der Waals surface area contributed by atoms with Gasteiger partial charge in [0, 0.05) is 6.42 Å². The van der Waals surface area contributed by atoms with Gasteiger partial charge in [-0.1, -0.05) is 94.7 Å². The normalized spacial score (nSPS) is 20.7. The van der Waals surface area contributed by atoms with E-state index in [1.54, 1.807) is 6.08 Å². The standard InChI is InChI=1S/C33H50O3/c1-5-6-7-8-9-10-11-12-13-14-15-16-17-18-19-23-32(35)36-28-30-22-20-21-29(2)31(34)25-27-33(3,4)26-24-30/h6-7,9-10,12-13,21,24-25,27H,5,8,11,14-20,22-23,26,28H2,1-4H3/b7-6-,10-9-,13-12-,27-25-,29-21-,30-24+. The minimum Gasteiger partial charge on any atom is -0.461 e. The molecule has 200 valence electrons. The van der Waals surface area contributed by atoms with Crippen molar-refractivity contribution in [3.8, 4) is 0 Å². The molecule has 0 aromatic heterocycles. The number of hydrogen-bond donors (Lipinski definition) is 0. The maximum atomic E-state index is 12.2. The smallest absolute Gasteiger partial charge is 0.306 e. The quantitative estimate of drug-likeness (QED) is 0.129. The molecule has 3 heteroatoms. The van der Waals surface area contributed by atoms with Crippen LogP contribution in [0.2, 0.25) is 0 Å². The molecule has 0 N–H and O–H groups in total. The van der Waals surface area contributed by atoms with Crippen molar-refractivity contribution in [2.75, 3.05) is 6.61 Å². The van der Waals surface area contributed by atoms with Crippen LogP contribution in [0.15, 0.2) is 71.9 Å². The van der Waals surface area contributed by atoms with Gasteiger partial charge in [-0.3, -0.25) is 9.59 Å². The van der Waals surface area contributed by atoms with Crippen LogP contribution < -0.4 is 0 Å². The van der Waals surface area contributed by atoms with Gasteiger partial charge < -0.3 is 4.74 Å². The van der Waals surface area contributed by atoms with E-state index in [1.807, 2.05) is 19.1 Å². The predicted octanol–water partition coefficient (Wildman–Crippen LogP) is 9.33. The molecule has 0 amide bonds. The molecule has 0 fully saturated rings. The molecular formula is C33H50O3. The van der Waals surface area contributed by atoms with Gasteiger partial charge in [-0.2, -0.15) is 0 Å². The third-order valence-electron chi connectivity index (χ3n) is 6.36. The van der Waals surface area contributed by atoms with E-state index in [-0.39, 0.29) is 17.2 Å². The fraction of sp³-hybridized carbons (Fsp3) is 0.576. The van der Waals surface area contributed by atoms with Crippen LogP contribution in [0.5, 0.6) is 0 Å². The molecule has 0 unspecified atom stereocenters. The molecule has 1 aliphatic rings. The van der Waals surface area contributed by atoms with Crippen LogP contribution in [0.4, 0.5) is 0 Å². The van der Waals surface area contributed by atoms with Gasteiger partial charge >= 0.3 is 5.97 Å². The summed E-state index contributed by atoms with van der Waals surface area (Å²) >= 11 is 0. The number of ether oxygens (including phenoxy) is 1. The second-order valence-corrected chi connectivity index (χ2v) is 10.4. The summed E-state index contributed by atoms with van der Waals surface area (Å²) < 4.78 is 5.59. The first-order valence-electron chi connectivity index (χ1n) is 14.0. The van der Waals surface area contributed by atoms with Gasteiger partial charge in [0.05, 0.1) is 0 Å². The summed E-state index contributed by atoms with van der Waals surface area (Å²) in [5.74, 6) is -0.0270. The molecule has 1 aliphatic carbocycles. The average molecular weight is 495 g/mol. The van der Waals surface area contributed by atoms with E-state index in [0.717, 1.165) is 68.9 Å². The molecule has 0 spiro atoms. The summed E-state index contributed by atoms with van der Waals surface area (Å²) in [5.41, 5.74) is 1.81. The monoisotopic (exact) mass is 494 g/mol. The molecule has 0 radical (unpaired) electrons. The molecule has 0 aliphatic heterocycles. The zero-order chi connectivity index (χ0) is 26.5. The molecule has 0 atom stereocenters. The molecule has 0 aromatic rings. The number of rotatable bonds is 15. The second kappa shape index (κ2) is 19.7.